The van der Waals surface area contributed by atoms with Gasteiger partial charge in [0, 0.05) is 44.5 Å². The van der Waals surface area contributed by atoms with Gasteiger partial charge in [-0.1, -0.05) is 6.08 Å². The van der Waals surface area contributed by atoms with Crippen LogP contribution in [0.25, 0.3) is 11.0 Å². The lowest BCUT2D eigenvalue weighted by atomic mass is 9.99. The smallest absolute Gasteiger partial charge is 0.414 e. The lowest BCUT2D eigenvalue weighted by Crippen LogP contribution is -2.41. The molecule has 9 heteroatoms. The molecular weight excluding hydrogens is 434 g/mol. The summed E-state index contributed by atoms with van der Waals surface area (Å²) in [4.78, 5) is 40.7. The minimum atomic E-state index is -0.622. The van der Waals surface area contributed by atoms with Crippen LogP contribution in [-0.2, 0) is 9.47 Å². The first-order chi connectivity index (χ1) is 16.0. The summed E-state index contributed by atoms with van der Waals surface area (Å²) in [6.45, 7) is 9.64. The van der Waals surface area contributed by atoms with Gasteiger partial charge in [-0.2, -0.15) is 0 Å². The van der Waals surface area contributed by atoms with Crippen LogP contribution in [0.5, 0.6) is 0 Å². The van der Waals surface area contributed by atoms with Crippen LogP contribution in [0, 0.1) is 0 Å². The maximum atomic E-state index is 13.0. The van der Waals surface area contributed by atoms with E-state index in [-0.39, 0.29) is 18.1 Å². The fourth-order valence-electron chi connectivity index (χ4n) is 4.25. The Hall–Kier alpha value is -3.20. The van der Waals surface area contributed by atoms with E-state index in [0.717, 1.165) is 24.5 Å². The van der Waals surface area contributed by atoms with Crippen molar-refractivity contribution < 1.29 is 19.1 Å². The van der Waals surface area contributed by atoms with E-state index < -0.39 is 11.7 Å². The van der Waals surface area contributed by atoms with Crippen LogP contribution in [-0.4, -0.2) is 77.3 Å². The highest BCUT2D eigenvalue weighted by Gasteiger charge is 2.33. The normalized spacial score (nSPS) is 20.6. The Labute approximate surface area is 200 Å². The number of carbonyl (C=O) groups is 2. The third-order valence-corrected chi connectivity index (χ3v) is 5.81. The predicted molar refractivity (Wildman–Crippen MR) is 130 cm³/mol. The van der Waals surface area contributed by atoms with Gasteiger partial charge in [-0.25, -0.2) is 9.78 Å². The van der Waals surface area contributed by atoms with Crippen molar-refractivity contribution in [3.8, 4) is 0 Å². The second-order valence-electron chi connectivity index (χ2n) is 10.0. The summed E-state index contributed by atoms with van der Waals surface area (Å²) in [5, 5.41) is 0. The number of amides is 2. The van der Waals surface area contributed by atoms with Gasteiger partial charge in [0.25, 0.3) is 5.91 Å². The molecule has 3 heterocycles. The van der Waals surface area contributed by atoms with E-state index in [1.165, 1.54) is 4.90 Å². The molecule has 0 bridgehead atoms. The second kappa shape index (κ2) is 9.21. The fraction of sp³-hybridized carbons (Fsp3) is 0.520. The standard InChI is InChI=1S/C25H33N5O4/c1-16-15-29(10-11-33-16)21-14-26-19-13-17(23(31)28(5)6)12-18(22(19)27-21)20-8-7-9-30(20)24(32)34-25(2,3)4/h7,9,12-14,16,20H,8,10-11,15H2,1-6H3. The molecule has 1 aromatic heterocycles. The van der Waals surface area contributed by atoms with E-state index in [1.54, 1.807) is 37.5 Å². The molecule has 1 aromatic carbocycles. The first-order valence-electron chi connectivity index (χ1n) is 11.6. The highest BCUT2D eigenvalue weighted by Crippen LogP contribution is 2.36. The first-order valence-corrected chi connectivity index (χ1v) is 11.6. The van der Waals surface area contributed by atoms with Crippen molar-refractivity contribution >= 4 is 28.9 Å². The molecule has 0 N–H and O–H groups in total. The van der Waals surface area contributed by atoms with Gasteiger partial charge in [-0.3, -0.25) is 14.7 Å². The summed E-state index contributed by atoms with van der Waals surface area (Å²) in [7, 11) is 3.43. The van der Waals surface area contributed by atoms with E-state index in [0.29, 0.717) is 29.6 Å². The van der Waals surface area contributed by atoms with Crippen LogP contribution >= 0.6 is 0 Å². The van der Waals surface area contributed by atoms with Crippen LogP contribution in [0.15, 0.2) is 30.6 Å². The average Bonchev–Trinajstić information content (AvgIpc) is 3.26. The molecular formula is C25H33N5O4. The molecule has 182 valence electrons. The van der Waals surface area contributed by atoms with Gasteiger partial charge in [-0.15, -0.1) is 0 Å². The number of hydrogen-bond donors (Lipinski definition) is 0. The Kier molecular flexibility index (Phi) is 6.49. The number of morpholine rings is 1. The topological polar surface area (TPSA) is 88.1 Å². The van der Waals surface area contributed by atoms with Crippen molar-refractivity contribution in [3.63, 3.8) is 0 Å². The largest absolute Gasteiger partial charge is 0.443 e. The number of ether oxygens (including phenoxy) is 2. The molecule has 2 aliphatic rings. The van der Waals surface area contributed by atoms with Crippen LogP contribution in [0.4, 0.5) is 10.6 Å². The van der Waals surface area contributed by atoms with Gasteiger partial charge >= 0.3 is 6.09 Å². The maximum absolute atomic E-state index is 13.0. The minimum absolute atomic E-state index is 0.104. The Balaban J connectivity index is 1.80. The zero-order valence-electron chi connectivity index (χ0n) is 20.7. The first kappa shape index (κ1) is 23.9. The van der Waals surface area contributed by atoms with Gasteiger partial charge < -0.3 is 19.3 Å². The zero-order chi connectivity index (χ0) is 24.6. The summed E-state index contributed by atoms with van der Waals surface area (Å²) >= 11 is 0. The predicted octanol–water partition coefficient (Wildman–Crippen LogP) is 3.75. The molecule has 2 aromatic rings. The van der Waals surface area contributed by atoms with Gasteiger partial charge in [-0.05, 0) is 46.2 Å². The monoisotopic (exact) mass is 467 g/mol. The number of aromatic nitrogens is 2. The van der Waals surface area contributed by atoms with Crippen molar-refractivity contribution in [3.05, 3.63) is 41.7 Å². The lowest BCUT2D eigenvalue weighted by molar-refractivity contribution is 0.0287. The molecule has 9 nitrogen and oxygen atoms in total. The molecule has 1 fully saturated rings. The van der Waals surface area contributed by atoms with E-state index in [2.05, 4.69) is 9.88 Å². The molecule has 0 aliphatic carbocycles. The summed E-state index contributed by atoms with van der Waals surface area (Å²) in [5.74, 6) is 0.621. The summed E-state index contributed by atoms with van der Waals surface area (Å²) < 4.78 is 11.3. The van der Waals surface area contributed by atoms with Gasteiger partial charge in [0.15, 0.2) is 0 Å². The van der Waals surface area contributed by atoms with Crippen LogP contribution < -0.4 is 4.90 Å². The number of carbonyl (C=O) groups excluding carboxylic acids is 2. The zero-order valence-corrected chi connectivity index (χ0v) is 20.7. The minimum Gasteiger partial charge on any atom is -0.443 e. The molecule has 34 heavy (non-hydrogen) atoms. The molecule has 0 spiro atoms. The molecule has 4 rings (SSSR count). The third kappa shape index (κ3) is 4.99. The number of nitrogens with zero attached hydrogens (tertiary/aromatic N) is 5. The lowest BCUT2D eigenvalue weighted by Gasteiger charge is -2.32. The van der Waals surface area contributed by atoms with Gasteiger partial charge in [0.05, 0.1) is 36.0 Å². The van der Waals surface area contributed by atoms with Gasteiger partial charge in [0.2, 0.25) is 0 Å². The summed E-state index contributed by atoms with van der Waals surface area (Å²) in [5.41, 5.74) is 1.95. The van der Waals surface area contributed by atoms with Gasteiger partial charge in [0.1, 0.15) is 11.4 Å². The molecule has 2 atom stereocenters. The summed E-state index contributed by atoms with van der Waals surface area (Å²) in [6, 6.07) is 3.25. The van der Waals surface area contributed by atoms with Crippen LogP contribution in [0.3, 0.4) is 0 Å². The van der Waals surface area contributed by atoms with Crippen molar-refractivity contribution in [2.75, 3.05) is 38.7 Å². The molecule has 2 aliphatic heterocycles. The van der Waals surface area contributed by atoms with Crippen molar-refractivity contribution in [1.82, 2.24) is 19.8 Å². The Morgan fingerprint density at radius 3 is 2.68 bits per heavy atom. The highest BCUT2D eigenvalue weighted by atomic mass is 16.6. The molecule has 0 radical (unpaired) electrons. The Morgan fingerprint density at radius 2 is 2.00 bits per heavy atom. The van der Waals surface area contributed by atoms with Crippen molar-refractivity contribution in [1.29, 1.82) is 0 Å². The molecule has 2 unspecified atom stereocenters. The highest BCUT2D eigenvalue weighted by molar-refractivity contribution is 5.98. The quantitative estimate of drug-likeness (QED) is 0.679. The average molecular weight is 468 g/mol. The van der Waals surface area contributed by atoms with E-state index in [4.69, 9.17) is 14.5 Å². The SMILES string of the molecule is CC1CN(c2cnc3cc(C(=O)N(C)C)cc(C4CC=CN4C(=O)OC(C)(C)C)c3n2)CCO1. The molecule has 2 amide bonds. The molecule has 0 saturated carbocycles. The number of rotatable bonds is 3. The van der Waals surface area contributed by atoms with E-state index >= 15 is 0 Å². The molecule has 1 saturated heterocycles. The third-order valence-electron chi connectivity index (χ3n) is 5.81. The van der Waals surface area contributed by atoms with Crippen LogP contribution in [0.2, 0.25) is 0 Å². The van der Waals surface area contributed by atoms with E-state index in [9.17, 15) is 9.59 Å². The van der Waals surface area contributed by atoms with E-state index in [1.807, 2.05) is 39.8 Å². The Morgan fingerprint density at radius 1 is 1.24 bits per heavy atom. The maximum Gasteiger partial charge on any atom is 0.414 e. The number of hydrogen-bond acceptors (Lipinski definition) is 7. The summed E-state index contributed by atoms with van der Waals surface area (Å²) in [6.07, 6.45) is 5.68. The van der Waals surface area contributed by atoms with Crippen molar-refractivity contribution in [2.24, 2.45) is 0 Å². The Bertz CT molecular complexity index is 1120. The number of benzene rings is 1. The second-order valence-corrected chi connectivity index (χ2v) is 10.0. The fourth-order valence-corrected chi connectivity index (χ4v) is 4.25. The van der Waals surface area contributed by atoms with Crippen LogP contribution in [0.1, 0.15) is 56.1 Å². The number of anilines is 1. The van der Waals surface area contributed by atoms with Crippen molar-refractivity contribution in [2.45, 2.75) is 51.9 Å². The number of fused-ring (bicyclic) bond motifs is 1.